The van der Waals surface area contributed by atoms with Crippen molar-refractivity contribution in [3.05, 3.63) is 54.6 Å². The number of nitrogens with zero attached hydrogens (tertiary/aromatic N) is 2. The molecule has 30 heavy (non-hydrogen) atoms. The number of hydrogen-bond acceptors (Lipinski definition) is 4. The van der Waals surface area contributed by atoms with Crippen LogP contribution < -0.4 is 15.5 Å². The lowest BCUT2D eigenvalue weighted by Gasteiger charge is -2.42. The van der Waals surface area contributed by atoms with Gasteiger partial charge in [0.15, 0.2) is 0 Å². The van der Waals surface area contributed by atoms with E-state index in [0.29, 0.717) is 11.8 Å². The number of hydrogen-bond donors (Lipinski definition) is 2. The van der Waals surface area contributed by atoms with Crippen molar-refractivity contribution in [3.8, 4) is 0 Å². The SMILES string of the molecule is CSc1cccc(NC(=O)NC2C[C@@H]3CCCN2CC3CN(C)c2ccccc2)c1. The van der Waals surface area contributed by atoms with Gasteiger partial charge in [-0.3, -0.25) is 4.90 Å². The lowest BCUT2D eigenvalue weighted by atomic mass is 9.82. The van der Waals surface area contributed by atoms with Crippen LogP contribution in [0.3, 0.4) is 0 Å². The van der Waals surface area contributed by atoms with E-state index >= 15 is 0 Å². The zero-order valence-electron chi connectivity index (χ0n) is 17.9. The van der Waals surface area contributed by atoms with E-state index in [9.17, 15) is 4.79 Å². The number of anilines is 2. The van der Waals surface area contributed by atoms with E-state index in [2.05, 4.69) is 63.9 Å². The van der Waals surface area contributed by atoms with Crippen LogP contribution in [0, 0.1) is 11.8 Å². The Morgan fingerprint density at radius 3 is 2.83 bits per heavy atom. The van der Waals surface area contributed by atoms with E-state index in [4.69, 9.17) is 0 Å². The van der Waals surface area contributed by atoms with Gasteiger partial charge in [-0.2, -0.15) is 0 Å². The first-order chi connectivity index (χ1) is 14.6. The van der Waals surface area contributed by atoms with E-state index in [-0.39, 0.29) is 12.2 Å². The van der Waals surface area contributed by atoms with Crippen LogP contribution in [-0.4, -0.2) is 50.0 Å². The van der Waals surface area contributed by atoms with Crippen LogP contribution in [0.1, 0.15) is 19.3 Å². The van der Waals surface area contributed by atoms with Crippen LogP contribution in [0.25, 0.3) is 0 Å². The molecule has 2 bridgehead atoms. The summed E-state index contributed by atoms with van der Waals surface area (Å²) in [6.45, 7) is 3.18. The van der Waals surface area contributed by atoms with Gasteiger partial charge in [0.05, 0.1) is 6.17 Å². The minimum absolute atomic E-state index is 0.108. The van der Waals surface area contributed by atoms with Crippen LogP contribution in [0.5, 0.6) is 0 Å². The van der Waals surface area contributed by atoms with Crippen molar-refractivity contribution < 1.29 is 4.79 Å². The molecule has 3 aliphatic heterocycles. The van der Waals surface area contributed by atoms with Gasteiger partial charge in [0.1, 0.15) is 0 Å². The summed E-state index contributed by atoms with van der Waals surface area (Å²) in [5.74, 6) is 1.29. The molecule has 6 heteroatoms. The Hall–Kier alpha value is -2.18. The quantitative estimate of drug-likeness (QED) is 0.659. The van der Waals surface area contributed by atoms with Crippen molar-refractivity contribution in [2.75, 3.05) is 43.2 Å². The number of nitrogens with one attached hydrogen (secondary N) is 2. The predicted molar refractivity (Wildman–Crippen MR) is 126 cm³/mol. The van der Waals surface area contributed by atoms with Crippen LogP contribution >= 0.6 is 11.8 Å². The molecule has 2 aromatic rings. The van der Waals surface area contributed by atoms with Crippen molar-refractivity contribution >= 4 is 29.2 Å². The first kappa shape index (κ1) is 21.1. The van der Waals surface area contributed by atoms with Crippen molar-refractivity contribution in [3.63, 3.8) is 0 Å². The van der Waals surface area contributed by atoms with Crippen LogP contribution in [0.2, 0.25) is 0 Å². The van der Waals surface area contributed by atoms with E-state index in [1.54, 1.807) is 11.8 Å². The third-order valence-electron chi connectivity index (χ3n) is 6.45. The van der Waals surface area contributed by atoms with Gasteiger partial charge in [-0.15, -0.1) is 11.8 Å². The summed E-state index contributed by atoms with van der Waals surface area (Å²) in [5, 5.41) is 6.25. The highest BCUT2D eigenvalue weighted by atomic mass is 32.2. The zero-order valence-corrected chi connectivity index (χ0v) is 18.7. The molecule has 4 atom stereocenters. The highest BCUT2D eigenvalue weighted by Gasteiger charge is 2.38. The van der Waals surface area contributed by atoms with Crippen LogP contribution in [-0.2, 0) is 0 Å². The highest BCUT2D eigenvalue weighted by molar-refractivity contribution is 7.98. The Balaban J connectivity index is 1.35. The minimum atomic E-state index is -0.108. The smallest absolute Gasteiger partial charge is 0.320 e. The maximum absolute atomic E-state index is 12.6. The second-order valence-electron chi connectivity index (χ2n) is 8.46. The lowest BCUT2D eigenvalue weighted by Crippen LogP contribution is -2.56. The molecule has 2 amide bonds. The zero-order chi connectivity index (χ0) is 20.9. The predicted octanol–water partition coefficient (Wildman–Crippen LogP) is 4.72. The van der Waals surface area contributed by atoms with Crippen molar-refractivity contribution in [2.45, 2.75) is 30.3 Å². The Bertz CT molecular complexity index is 846. The second kappa shape index (κ2) is 9.75. The summed E-state index contributed by atoms with van der Waals surface area (Å²) in [7, 11) is 2.19. The molecule has 2 aromatic carbocycles. The molecule has 3 unspecified atom stereocenters. The summed E-state index contributed by atoms with van der Waals surface area (Å²) < 4.78 is 0. The summed E-state index contributed by atoms with van der Waals surface area (Å²) in [5.41, 5.74) is 2.12. The molecule has 3 fully saturated rings. The number of thioether (sulfide) groups is 1. The van der Waals surface area contributed by atoms with Crippen molar-refractivity contribution in [1.82, 2.24) is 10.2 Å². The average molecular weight is 425 g/mol. The fourth-order valence-electron chi connectivity index (χ4n) is 4.88. The molecule has 5 nitrogen and oxygen atoms in total. The van der Waals surface area contributed by atoms with Gasteiger partial charge in [-0.05, 0) is 67.7 Å². The molecule has 0 radical (unpaired) electrons. The molecular weight excluding hydrogens is 392 g/mol. The van der Waals surface area contributed by atoms with Crippen LogP contribution in [0.15, 0.2) is 59.5 Å². The van der Waals surface area contributed by atoms with Gasteiger partial charge in [0.2, 0.25) is 0 Å². The van der Waals surface area contributed by atoms with Crippen molar-refractivity contribution in [1.29, 1.82) is 0 Å². The second-order valence-corrected chi connectivity index (χ2v) is 9.33. The maximum Gasteiger partial charge on any atom is 0.320 e. The number of carbonyl (C=O) groups is 1. The summed E-state index contributed by atoms with van der Waals surface area (Å²) in [4.78, 5) is 18.7. The first-order valence-corrected chi connectivity index (χ1v) is 12.1. The number of piperidine rings is 1. The molecular formula is C24H32N4OS. The Kier molecular flexibility index (Phi) is 6.85. The normalized spacial score (nSPS) is 25.4. The number of benzene rings is 2. The topological polar surface area (TPSA) is 47.6 Å². The molecule has 3 heterocycles. The van der Waals surface area contributed by atoms with Crippen molar-refractivity contribution in [2.24, 2.45) is 11.8 Å². The van der Waals surface area contributed by atoms with Gasteiger partial charge in [0, 0.05) is 43.0 Å². The summed E-state index contributed by atoms with van der Waals surface area (Å²) in [6, 6.07) is 18.5. The van der Waals surface area contributed by atoms with Gasteiger partial charge in [-0.1, -0.05) is 24.3 Å². The van der Waals surface area contributed by atoms with Crippen LogP contribution in [0.4, 0.5) is 16.2 Å². The summed E-state index contributed by atoms with van der Waals surface area (Å²) >= 11 is 1.68. The molecule has 0 aliphatic carbocycles. The van der Waals surface area contributed by atoms with Gasteiger partial charge in [0.25, 0.3) is 0 Å². The molecule has 3 saturated heterocycles. The van der Waals surface area contributed by atoms with Gasteiger partial charge in [-0.25, -0.2) is 4.79 Å². The third kappa shape index (κ3) is 5.10. The Morgan fingerprint density at radius 1 is 1.20 bits per heavy atom. The summed E-state index contributed by atoms with van der Waals surface area (Å²) in [6.07, 6.45) is 5.66. The molecule has 0 saturated carbocycles. The fourth-order valence-corrected chi connectivity index (χ4v) is 5.34. The number of fused-ring (bicyclic) bond motifs is 4. The van der Waals surface area contributed by atoms with E-state index in [1.807, 2.05) is 24.5 Å². The van der Waals surface area contributed by atoms with Gasteiger partial charge >= 0.3 is 6.03 Å². The number of amides is 2. The lowest BCUT2D eigenvalue weighted by molar-refractivity contribution is 0.0798. The molecule has 0 aromatic heterocycles. The Labute approximate surface area is 184 Å². The number of carbonyl (C=O) groups excluding carboxylic acids is 1. The van der Waals surface area contributed by atoms with E-state index < -0.39 is 0 Å². The molecule has 5 rings (SSSR count). The molecule has 3 aliphatic rings. The van der Waals surface area contributed by atoms with E-state index in [0.717, 1.165) is 36.6 Å². The molecule has 0 spiro atoms. The average Bonchev–Trinajstić information content (AvgIpc) is 3.08. The molecule has 160 valence electrons. The number of rotatable bonds is 6. The maximum atomic E-state index is 12.6. The number of urea groups is 1. The first-order valence-electron chi connectivity index (χ1n) is 10.8. The monoisotopic (exact) mass is 424 g/mol. The Morgan fingerprint density at radius 2 is 2.03 bits per heavy atom. The molecule has 2 N–H and O–H groups in total. The third-order valence-corrected chi connectivity index (χ3v) is 7.18. The number of para-hydroxylation sites is 1. The van der Waals surface area contributed by atoms with E-state index in [1.165, 1.54) is 18.5 Å². The largest absolute Gasteiger partial charge is 0.374 e. The highest BCUT2D eigenvalue weighted by Crippen LogP contribution is 2.35. The fraction of sp³-hybridized carbons (Fsp3) is 0.458. The minimum Gasteiger partial charge on any atom is -0.374 e. The standard InChI is InChI=1S/C24H32N4OS/c1-27(21-10-4-3-5-11-21)16-19-17-28-13-7-8-18(19)14-23(28)26-24(29)25-20-9-6-12-22(15-20)30-2/h3-6,9-12,15,18-19,23H,7-8,13-14,16-17H2,1-2H3,(H2,25,26,29)/t18-,19?,23?/m0/s1. The van der Waals surface area contributed by atoms with Gasteiger partial charge < -0.3 is 15.5 Å².